The highest BCUT2D eigenvalue weighted by molar-refractivity contribution is 7.99. The third kappa shape index (κ3) is 7.04. The molecule has 6 heteroatoms. The summed E-state index contributed by atoms with van der Waals surface area (Å²) < 4.78 is 0. The molecule has 0 aromatic heterocycles. The molecule has 21 heavy (non-hydrogen) atoms. The van der Waals surface area contributed by atoms with Crippen molar-refractivity contribution < 1.29 is 14.7 Å². The maximum Gasteiger partial charge on any atom is 0.319 e. The van der Waals surface area contributed by atoms with Crippen LogP contribution in [-0.4, -0.2) is 28.4 Å². The Kier molecular flexibility index (Phi) is 6.55. The summed E-state index contributed by atoms with van der Waals surface area (Å²) in [6.07, 6.45) is 0.400. The fraction of sp³-hybridized carbons (Fsp3) is 0.467. The first-order valence-electron chi connectivity index (χ1n) is 6.86. The first kappa shape index (κ1) is 17.4. The highest BCUT2D eigenvalue weighted by Crippen LogP contribution is 2.21. The Hall–Kier alpha value is -1.69. The van der Waals surface area contributed by atoms with E-state index in [1.165, 1.54) is 0 Å². The normalized spacial score (nSPS) is 11.0. The van der Waals surface area contributed by atoms with Crippen LogP contribution in [0.3, 0.4) is 0 Å². The number of thioether (sulfide) groups is 1. The third-order valence-electron chi connectivity index (χ3n) is 2.82. The Morgan fingerprint density at radius 2 is 2.05 bits per heavy atom. The minimum atomic E-state index is -0.866. The number of carboxylic acids is 1. The van der Waals surface area contributed by atoms with E-state index in [-0.39, 0.29) is 12.5 Å². The predicted molar refractivity (Wildman–Crippen MR) is 85.9 cm³/mol. The number of benzene rings is 1. The number of carbonyl (C=O) groups excluding carboxylic acids is 1. The van der Waals surface area contributed by atoms with Crippen LogP contribution in [0.5, 0.6) is 0 Å². The minimum absolute atomic E-state index is 0.0237. The van der Waals surface area contributed by atoms with Gasteiger partial charge in [0.25, 0.3) is 0 Å². The maximum atomic E-state index is 12.0. The van der Waals surface area contributed by atoms with Crippen molar-refractivity contribution in [2.45, 2.75) is 44.0 Å². The molecule has 1 aromatic carbocycles. The van der Waals surface area contributed by atoms with Gasteiger partial charge in [-0.15, -0.1) is 11.8 Å². The van der Waals surface area contributed by atoms with Crippen molar-refractivity contribution in [3.8, 4) is 0 Å². The van der Waals surface area contributed by atoms with Crippen LogP contribution < -0.4 is 10.6 Å². The van der Waals surface area contributed by atoms with Crippen LogP contribution in [0.15, 0.2) is 29.2 Å². The molecule has 116 valence electrons. The van der Waals surface area contributed by atoms with Gasteiger partial charge in [0, 0.05) is 22.5 Å². The topological polar surface area (TPSA) is 78.4 Å². The predicted octanol–water partition coefficient (Wildman–Crippen LogP) is 3.56. The molecule has 0 aliphatic heterocycles. The SMILES string of the molecule is CCSc1cccc(NC(=O)NC(C)(C)CCC(=O)O)c1. The molecule has 0 aliphatic rings. The second-order valence-electron chi connectivity index (χ2n) is 5.32. The number of hydrogen-bond donors (Lipinski definition) is 3. The molecular weight excluding hydrogens is 288 g/mol. The Balaban J connectivity index is 2.56. The Morgan fingerprint density at radius 1 is 1.33 bits per heavy atom. The minimum Gasteiger partial charge on any atom is -0.481 e. The molecule has 0 fully saturated rings. The highest BCUT2D eigenvalue weighted by atomic mass is 32.2. The summed E-state index contributed by atoms with van der Waals surface area (Å²) in [7, 11) is 0. The zero-order valence-electron chi connectivity index (χ0n) is 12.6. The molecule has 0 saturated heterocycles. The molecule has 0 radical (unpaired) electrons. The third-order valence-corrected chi connectivity index (χ3v) is 3.69. The molecule has 3 N–H and O–H groups in total. The smallest absolute Gasteiger partial charge is 0.319 e. The highest BCUT2D eigenvalue weighted by Gasteiger charge is 2.21. The van der Waals surface area contributed by atoms with E-state index < -0.39 is 11.5 Å². The van der Waals surface area contributed by atoms with Crippen LogP contribution in [0.4, 0.5) is 10.5 Å². The zero-order valence-corrected chi connectivity index (χ0v) is 13.4. The second-order valence-corrected chi connectivity index (χ2v) is 6.66. The van der Waals surface area contributed by atoms with E-state index in [0.29, 0.717) is 6.42 Å². The summed E-state index contributed by atoms with van der Waals surface area (Å²) in [4.78, 5) is 23.7. The van der Waals surface area contributed by atoms with Gasteiger partial charge in [-0.05, 0) is 44.2 Å². The van der Waals surface area contributed by atoms with Crippen LogP contribution in [0.2, 0.25) is 0 Å². The van der Waals surface area contributed by atoms with Gasteiger partial charge in [0.15, 0.2) is 0 Å². The lowest BCUT2D eigenvalue weighted by Crippen LogP contribution is -2.45. The van der Waals surface area contributed by atoms with Crippen molar-refractivity contribution in [2.75, 3.05) is 11.1 Å². The second kappa shape index (κ2) is 7.93. The fourth-order valence-corrected chi connectivity index (χ4v) is 2.50. The van der Waals surface area contributed by atoms with Crippen LogP contribution in [0.25, 0.3) is 0 Å². The number of nitrogens with one attached hydrogen (secondary N) is 2. The molecule has 0 unspecified atom stereocenters. The van der Waals surface area contributed by atoms with Crippen LogP contribution in [-0.2, 0) is 4.79 Å². The Labute approximate surface area is 129 Å². The molecule has 0 atom stereocenters. The summed E-state index contributed by atoms with van der Waals surface area (Å²) in [6, 6.07) is 7.29. The van der Waals surface area contributed by atoms with Crippen LogP contribution >= 0.6 is 11.8 Å². The van der Waals surface area contributed by atoms with E-state index >= 15 is 0 Å². The zero-order chi connectivity index (χ0) is 15.9. The van der Waals surface area contributed by atoms with E-state index in [1.54, 1.807) is 25.6 Å². The van der Waals surface area contributed by atoms with Gasteiger partial charge in [-0.1, -0.05) is 13.0 Å². The van der Waals surface area contributed by atoms with Gasteiger partial charge in [0.05, 0.1) is 0 Å². The molecular formula is C15H22N2O3S. The number of aliphatic carboxylic acids is 1. The molecule has 0 saturated carbocycles. The number of hydrogen-bond acceptors (Lipinski definition) is 3. The lowest BCUT2D eigenvalue weighted by molar-refractivity contribution is -0.137. The van der Waals surface area contributed by atoms with Gasteiger partial charge < -0.3 is 15.7 Å². The van der Waals surface area contributed by atoms with Gasteiger partial charge >= 0.3 is 12.0 Å². The fourth-order valence-electron chi connectivity index (χ4n) is 1.78. The summed E-state index contributed by atoms with van der Waals surface area (Å²) in [6.45, 7) is 5.68. The van der Waals surface area contributed by atoms with Gasteiger partial charge in [-0.25, -0.2) is 4.79 Å². The van der Waals surface area contributed by atoms with E-state index in [1.807, 2.05) is 24.3 Å². The maximum absolute atomic E-state index is 12.0. The summed E-state index contributed by atoms with van der Waals surface area (Å²) in [5.74, 6) is 0.104. The van der Waals surface area contributed by atoms with E-state index in [0.717, 1.165) is 16.3 Å². The van der Waals surface area contributed by atoms with E-state index in [2.05, 4.69) is 17.6 Å². The van der Waals surface area contributed by atoms with Crippen LogP contribution in [0, 0.1) is 0 Å². The first-order valence-corrected chi connectivity index (χ1v) is 7.85. The van der Waals surface area contributed by atoms with Crippen molar-refractivity contribution >= 4 is 29.4 Å². The molecule has 0 aliphatic carbocycles. The molecule has 0 heterocycles. The molecule has 2 amide bonds. The number of anilines is 1. The molecule has 0 spiro atoms. The van der Waals surface area contributed by atoms with Gasteiger partial charge in [0.1, 0.15) is 0 Å². The monoisotopic (exact) mass is 310 g/mol. The molecule has 1 rings (SSSR count). The standard InChI is InChI=1S/C15H22N2O3S/c1-4-21-12-7-5-6-11(10-12)16-14(20)17-15(2,3)9-8-13(18)19/h5-7,10H,4,8-9H2,1-3H3,(H,18,19)(H2,16,17,20). The average molecular weight is 310 g/mol. The van der Waals surface area contributed by atoms with Crippen molar-refractivity contribution in [3.63, 3.8) is 0 Å². The quantitative estimate of drug-likeness (QED) is 0.673. The largest absolute Gasteiger partial charge is 0.481 e. The van der Waals surface area contributed by atoms with Gasteiger partial charge in [-0.2, -0.15) is 0 Å². The summed E-state index contributed by atoms with van der Waals surface area (Å²) >= 11 is 1.70. The molecule has 5 nitrogen and oxygen atoms in total. The molecule has 0 bridgehead atoms. The van der Waals surface area contributed by atoms with Crippen molar-refractivity contribution in [3.05, 3.63) is 24.3 Å². The molecule has 1 aromatic rings. The van der Waals surface area contributed by atoms with Crippen molar-refractivity contribution in [2.24, 2.45) is 0 Å². The van der Waals surface area contributed by atoms with Crippen molar-refractivity contribution in [1.29, 1.82) is 0 Å². The number of amides is 2. The Morgan fingerprint density at radius 3 is 2.67 bits per heavy atom. The first-order chi connectivity index (χ1) is 9.82. The van der Waals surface area contributed by atoms with E-state index in [4.69, 9.17) is 5.11 Å². The summed E-state index contributed by atoms with van der Waals surface area (Å²) in [5.41, 5.74) is 0.151. The average Bonchev–Trinajstić information content (AvgIpc) is 2.36. The van der Waals surface area contributed by atoms with Gasteiger partial charge in [-0.3, -0.25) is 4.79 Å². The lowest BCUT2D eigenvalue weighted by atomic mass is 9.99. The van der Waals surface area contributed by atoms with Gasteiger partial charge in [0.2, 0.25) is 0 Å². The van der Waals surface area contributed by atoms with Crippen molar-refractivity contribution in [1.82, 2.24) is 5.32 Å². The number of carboxylic acid groups (broad SMARTS) is 1. The summed E-state index contributed by atoms with van der Waals surface area (Å²) in [5, 5.41) is 14.3. The van der Waals surface area contributed by atoms with Crippen LogP contribution in [0.1, 0.15) is 33.6 Å². The Bertz CT molecular complexity index is 503. The van der Waals surface area contributed by atoms with E-state index in [9.17, 15) is 9.59 Å². The number of carbonyl (C=O) groups is 2. The lowest BCUT2D eigenvalue weighted by Gasteiger charge is -2.25. The number of rotatable bonds is 7. The number of urea groups is 1.